The second kappa shape index (κ2) is 9.07. The molecule has 2 amide bonds. The van der Waals surface area contributed by atoms with Crippen molar-refractivity contribution in [2.45, 2.75) is 26.4 Å². The SMILES string of the molecule is CC[C@@H](C)OC(=O)CN1C(=O)S/C(=C/c2ccc(-c3ccc(Cl)cc3Cl)o2)C1=O. The number of amides is 2. The summed E-state index contributed by atoms with van der Waals surface area (Å²) in [6, 6.07) is 8.38. The number of benzene rings is 1. The van der Waals surface area contributed by atoms with Crippen LogP contribution in [0.2, 0.25) is 10.0 Å². The zero-order chi connectivity index (χ0) is 21.1. The van der Waals surface area contributed by atoms with E-state index in [1.165, 1.54) is 6.08 Å². The maximum absolute atomic E-state index is 12.5. The molecule has 1 aromatic carbocycles. The number of ether oxygens (including phenoxy) is 1. The summed E-state index contributed by atoms with van der Waals surface area (Å²) in [4.78, 5) is 37.6. The monoisotopic (exact) mass is 453 g/mol. The van der Waals surface area contributed by atoms with E-state index in [1.54, 1.807) is 37.3 Å². The minimum atomic E-state index is -0.624. The minimum Gasteiger partial charge on any atom is -0.461 e. The van der Waals surface area contributed by atoms with Crippen LogP contribution in [0.3, 0.4) is 0 Å². The average molecular weight is 454 g/mol. The lowest BCUT2D eigenvalue weighted by molar-refractivity contribution is -0.150. The Balaban J connectivity index is 1.74. The molecule has 0 radical (unpaired) electrons. The molecular formula is C20H17Cl2NO5S. The summed E-state index contributed by atoms with van der Waals surface area (Å²) in [5.41, 5.74) is 0.650. The zero-order valence-electron chi connectivity index (χ0n) is 15.6. The van der Waals surface area contributed by atoms with Crippen LogP contribution in [0.25, 0.3) is 17.4 Å². The quantitative estimate of drug-likeness (QED) is 0.416. The van der Waals surface area contributed by atoms with E-state index in [4.69, 9.17) is 32.4 Å². The van der Waals surface area contributed by atoms with Gasteiger partial charge >= 0.3 is 5.97 Å². The number of rotatable bonds is 6. The number of furan rings is 1. The molecule has 2 aromatic rings. The third-order valence-corrected chi connectivity index (χ3v) is 5.62. The Bertz CT molecular complexity index is 1000. The van der Waals surface area contributed by atoms with Gasteiger partial charge in [-0.3, -0.25) is 19.3 Å². The molecule has 2 heterocycles. The van der Waals surface area contributed by atoms with Crippen LogP contribution in [-0.2, 0) is 14.3 Å². The first-order valence-electron chi connectivity index (χ1n) is 8.78. The Labute approximate surface area is 181 Å². The maximum Gasteiger partial charge on any atom is 0.326 e. The fourth-order valence-corrected chi connectivity index (χ4v) is 3.82. The lowest BCUT2D eigenvalue weighted by Crippen LogP contribution is -2.35. The molecule has 0 spiro atoms. The highest BCUT2D eigenvalue weighted by Crippen LogP contribution is 2.35. The normalized spacial score (nSPS) is 16.6. The first-order chi connectivity index (χ1) is 13.8. The first kappa shape index (κ1) is 21.5. The molecule has 3 rings (SSSR count). The zero-order valence-corrected chi connectivity index (χ0v) is 17.9. The van der Waals surface area contributed by atoms with Crippen molar-refractivity contribution in [1.82, 2.24) is 4.90 Å². The number of hydrogen-bond donors (Lipinski definition) is 0. The van der Waals surface area contributed by atoms with Gasteiger partial charge in [0.05, 0.1) is 16.0 Å². The molecule has 1 atom stereocenters. The molecule has 0 saturated carbocycles. The minimum absolute atomic E-state index is 0.162. The molecule has 1 saturated heterocycles. The predicted molar refractivity (Wildman–Crippen MR) is 113 cm³/mol. The van der Waals surface area contributed by atoms with Crippen LogP contribution in [0, 0.1) is 0 Å². The predicted octanol–water partition coefficient (Wildman–Crippen LogP) is 5.63. The van der Waals surface area contributed by atoms with Crippen LogP contribution in [0.4, 0.5) is 4.79 Å². The smallest absolute Gasteiger partial charge is 0.326 e. The second-order valence-electron chi connectivity index (χ2n) is 6.30. The van der Waals surface area contributed by atoms with Crippen molar-refractivity contribution in [3.05, 3.63) is 51.0 Å². The number of thioether (sulfide) groups is 1. The van der Waals surface area contributed by atoms with Crippen molar-refractivity contribution < 1.29 is 23.5 Å². The highest BCUT2D eigenvalue weighted by molar-refractivity contribution is 8.18. The Hall–Kier alpha value is -2.22. The van der Waals surface area contributed by atoms with E-state index in [9.17, 15) is 14.4 Å². The Morgan fingerprint density at radius 2 is 2.03 bits per heavy atom. The van der Waals surface area contributed by atoms with Gasteiger partial charge in [-0.25, -0.2) is 0 Å². The van der Waals surface area contributed by atoms with Gasteiger partial charge in [0.2, 0.25) is 0 Å². The molecule has 1 fully saturated rings. The average Bonchev–Trinajstić information content (AvgIpc) is 3.22. The van der Waals surface area contributed by atoms with E-state index in [1.807, 2.05) is 6.92 Å². The lowest BCUT2D eigenvalue weighted by atomic mass is 10.2. The van der Waals surface area contributed by atoms with E-state index in [2.05, 4.69) is 0 Å². The van der Waals surface area contributed by atoms with Crippen LogP contribution in [-0.4, -0.2) is 34.7 Å². The van der Waals surface area contributed by atoms with Crippen molar-refractivity contribution in [3.63, 3.8) is 0 Å². The van der Waals surface area contributed by atoms with Gasteiger partial charge in [0.25, 0.3) is 11.1 Å². The van der Waals surface area contributed by atoms with E-state index in [0.29, 0.717) is 33.6 Å². The first-order valence-corrected chi connectivity index (χ1v) is 10.4. The lowest BCUT2D eigenvalue weighted by Gasteiger charge is -2.14. The summed E-state index contributed by atoms with van der Waals surface area (Å²) in [5.74, 6) is -0.322. The number of nitrogens with zero attached hydrogens (tertiary/aromatic N) is 1. The van der Waals surface area contributed by atoms with Crippen LogP contribution < -0.4 is 0 Å². The number of esters is 1. The third-order valence-electron chi connectivity index (χ3n) is 4.17. The van der Waals surface area contributed by atoms with E-state index in [0.717, 1.165) is 16.7 Å². The Morgan fingerprint density at radius 1 is 1.28 bits per heavy atom. The van der Waals surface area contributed by atoms with Gasteiger partial charge in [-0.2, -0.15) is 0 Å². The summed E-state index contributed by atoms with van der Waals surface area (Å²) in [6.07, 6.45) is 1.82. The van der Waals surface area contributed by atoms with Gasteiger partial charge in [-0.05, 0) is 55.4 Å². The Kier molecular flexibility index (Phi) is 6.72. The fourth-order valence-electron chi connectivity index (χ4n) is 2.50. The number of carbonyl (C=O) groups is 3. The summed E-state index contributed by atoms with van der Waals surface area (Å²) >= 11 is 12.8. The van der Waals surface area contributed by atoms with Gasteiger partial charge in [0.1, 0.15) is 18.1 Å². The fraction of sp³-hybridized carbons (Fsp3) is 0.250. The molecular weight excluding hydrogens is 437 g/mol. The highest BCUT2D eigenvalue weighted by atomic mass is 35.5. The molecule has 0 N–H and O–H groups in total. The van der Waals surface area contributed by atoms with Crippen LogP contribution in [0.1, 0.15) is 26.0 Å². The molecule has 6 nitrogen and oxygen atoms in total. The molecule has 29 heavy (non-hydrogen) atoms. The van der Waals surface area contributed by atoms with Crippen molar-refractivity contribution in [2.75, 3.05) is 6.54 Å². The van der Waals surface area contributed by atoms with E-state index in [-0.39, 0.29) is 11.0 Å². The second-order valence-corrected chi connectivity index (χ2v) is 8.14. The van der Waals surface area contributed by atoms with Crippen LogP contribution in [0.15, 0.2) is 39.7 Å². The summed E-state index contributed by atoms with van der Waals surface area (Å²) < 4.78 is 10.9. The molecule has 9 heteroatoms. The number of halogens is 2. The molecule has 0 unspecified atom stereocenters. The van der Waals surface area contributed by atoms with Crippen molar-refractivity contribution in [3.8, 4) is 11.3 Å². The largest absolute Gasteiger partial charge is 0.461 e. The van der Waals surface area contributed by atoms with Gasteiger partial charge in [-0.15, -0.1) is 0 Å². The van der Waals surface area contributed by atoms with Gasteiger partial charge < -0.3 is 9.15 Å². The number of hydrogen-bond acceptors (Lipinski definition) is 6. The topological polar surface area (TPSA) is 76.8 Å². The molecule has 0 bridgehead atoms. The molecule has 152 valence electrons. The third kappa shape index (κ3) is 5.04. The molecule has 1 aliphatic rings. The van der Waals surface area contributed by atoms with Gasteiger partial charge in [0, 0.05) is 16.7 Å². The van der Waals surface area contributed by atoms with Crippen molar-refractivity contribution in [2.24, 2.45) is 0 Å². The van der Waals surface area contributed by atoms with Crippen LogP contribution in [0.5, 0.6) is 0 Å². The van der Waals surface area contributed by atoms with Gasteiger partial charge in [0.15, 0.2) is 0 Å². The molecule has 1 aromatic heterocycles. The number of imide groups is 1. The summed E-state index contributed by atoms with van der Waals surface area (Å²) in [5, 5.41) is 0.402. The molecule has 0 aliphatic carbocycles. The van der Waals surface area contributed by atoms with Crippen molar-refractivity contribution in [1.29, 1.82) is 0 Å². The van der Waals surface area contributed by atoms with E-state index >= 15 is 0 Å². The highest BCUT2D eigenvalue weighted by Gasteiger charge is 2.37. The maximum atomic E-state index is 12.5. The molecule has 1 aliphatic heterocycles. The van der Waals surface area contributed by atoms with Crippen molar-refractivity contribution >= 4 is 58.2 Å². The van der Waals surface area contributed by atoms with Gasteiger partial charge in [-0.1, -0.05) is 30.1 Å². The standard InChI is InChI=1S/C20H17Cl2NO5S/c1-3-11(2)27-18(24)10-23-19(25)17(29-20(23)26)9-13-5-7-16(28-13)14-6-4-12(21)8-15(14)22/h4-9,11H,3,10H2,1-2H3/b17-9+/t11-/m1/s1. The Morgan fingerprint density at radius 3 is 2.72 bits per heavy atom. The summed E-state index contributed by atoms with van der Waals surface area (Å²) in [6.45, 7) is 3.19. The summed E-state index contributed by atoms with van der Waals surface area (Å²) in [7, 11) is 0. The number of carbonyl (C=O) groups excluding carboxylic acids is 3. The van der Waals surface area contributed by atoms with Crippen LogP contribution >= 0.6 is 35.0 Å². The van der Waals surface area contributed by atoms with E-state index < -0.39 is 23.7 Å².